The molecule has 0 saturated heterocycles. The normalized spacial score (nSPS) is 46.4. The third kappa shape index (κ3) is 0.533. The summed E-state index contributed by atoms with van der Waals surface area (Å²) in [5.41, 5.74) is 0. The third-order valence-electron chi connectivity index (χ3n) is 2.87. The van der Waals surface area contributed by atoms with Crippen LogP contribution in [0.3, 0.4) is 0 Å². The first-order valence-corrected chi connectivity index (χ1v) is 3.52. The fourth-order valence-corrected chi connectivity index (χ4v) is 2.01. The zero-order valence-corrected chi connectivity index (χ0v) is 5.21. The molecule has 2 nitrogen and oxygen atoms in total. The van der Waals surface area contributed by atoms with E-state index in [9.17, 15) is 4.79 Å². The van der Waals surface area contributed by atoms with Gasteiger partial charge < -0.3 is 5.11 Å². The van der Waals surface area contributed by atoms with Gasteiger partial charge in [-0.25, -0.2) is 0 Å². The second kappa shape index (κ2) is 1.49. The Morgan fingerprint density at radius 1 is 1.44 bits per heavy atom. The fourth-order valence-electron chi connectivity index (χ4n) is 2.01. The van der Waals surface area contributed by atoms with Gasteiger partial charge in [-0.2, -0.15) is 0 Å². The van der Waals surface area contributed by atoms with Crippen LogP contribution in [0.25, 0.3) is 0 Å². The van der Waals surface area contributed by atoms with Crippen LogP contribution < -0.4 is 0 Å². The van der Waals surface area contributed by atoms with Gasteiger partial charge in [-0.15, -0.1) is 0 Å². The minimum absolute atomic E-state index is 0.0312. The Morgan fingerprint density at radius 2 is 2.22 bits per heavy atom. The fraction of sp³-hybridized carbons (Fsp3) is 0.857. The van der Waals surface area contributed by atoms with Crippen LogP contribution in [-0.2, 0) is 4.79 Å². The van der Waals surface area contributed by atoms with E-state index in [4.69, 9.17) is 5.11 Å². The minimum atomic E-state index is -0.573. The number of hydrogen-bond acceptors (Lipinski definition) is 1. The predicted octanol–water partition coefficient (Wildman–Crippen LogP) is 1.12. The van der Waals surface area contributed by atoms with Crippen LogP contribution in [0.2, 0.25) is 0 Å². The molecule has 2 aliphatic rings. The van der Waals surface area contributed by atoms with E-state index in [1.807, 2.05) is 0 Å². The zero-order valence-electron chi connectivity index (χ0n) is 5.21. The molecule has 50 valence electrons. The maximum absolute atomic E-state index is 10.4. The minimum Gasteiger partial charge on any atom is -0.481 e. The van der Waals surface area contributed by atoms with Crippen LogP contribution in [0.4, 0.5) is 0 Å². The topological polar surface area (TPSA) is 37.3 Å². The molecule has 2 heteroatoms. The van der Waals surface area contributed by atoms with E-state index in [0.717, 1.165) is 12.3 Å². The quantitative estimate of drug-likeness (QED) is 0.571. The number of carboxylic acid groups (broad SMARTS) is 1. The predicted molar refractivity (Wildman–Crippen MR) is 32.0 cm³/mol. The van der Waals surface area contributed by atoms with Crippen molar-refractivity contribution in [1.82, 2.24) is 0 Å². The highest BCUT2D eigenvalue weighted by molar-refractivity contribution is 5.72. The summed E-state index contributed by atoms with van der Waals surface area (Å²) >= 11 is 0. The number of carboxylic acids is 1. The van der Waals surface area contributed by atoms with Gasteiger partial charge in [0.2, 0.25) is 0 Å². The van der Waals surface area contributed by atoms with Crippen molar-refractivity contribution in [3.8, 4) is 0 Å². The average Bonchev–Trinajstić information content (AvgIpc) is 1.76. The SMILES string of the molecule is O=C(O)C1CC2CCC21. The number of rotatable bonds is 1. The zero-order chi connectivity index (χ0) is 6.43. The largest absolute Gasteiger partial charge is 0.481 e. The smallest absolute Gasteiger partial charge is 0.306 e. The standard InChI is InChI=1S/C7H10O2/c8-7(9)6-3-4-1-2-5(4)6/h4-6H,1-3H2,(H,8,9). The van der Waals surface area contributed by atoms with Gasteiger partial charge in [0.1, 0.15) is 0 Å². The van der Waals surface area contributed by atoms with Gasteiger partial charge in [-0.1, -0.05) is 0 Å². The highest BCUT2D eigenvalue weighted by atomic mass is 16.4. The molecule has 9 heavy (non-hydrogen) atoms. The van der Waals surface area contributed by atoms with E-state index in [0.29, 0.717) is 5.92 Å². The Kier molecular flexibility index (Phi) is 0.875. The first-order valence-electron chi connectivity index (χ1n) is 3.52. The van der Waals surface area contributed by atoms with E-state index in [1.165, 1.54) is 12.8 Å². The van der Waals surface area contributed by atoms with Crippen LogP contribution in [-0.4, -0.2) is 11.1 Å². The van der Waals surface area contributed by atoms with Crippen LogP contribution in [0.15, 0.2) is 0 Å². The Labute approximate surface area is 53.9 Å². The molecule has 3 atom stereocenters. The second-order valence-electron chi connectivity index (χ2n) is 3.18. The monoisotopic (exact) mass is 126 g/mol. The van der Waals surface area contributed by atoms with Crippen molar-refractivity contribution in [3.63, 3.8) is 0 Å². The molecular formula is C7H10O2. The van der Waals surface area contributed by atoms with Crippen molar-refractivity contribution >= 4 is 5.97 Å². The molecule has 0 aromatic heterocycles. The van der Waals surface area contributed by atoms with Crippen LogP contribution >= 0.6 is 0 Å². The first-order chi connectivity index (χ1) is 4.29. The molecule has 0 radical (unpaired) electrons. The van der Waals surface area contributed by atoms with Crippen molar-refractivity contribution in [3.05, 3.63) is 0 Å². The molecule has 2 fully saturated rings. The second-order valence-corrected chi connectivity index (χ2v) is 3.18. The van der Waals surface area contributed by atoms with Crippen molar-refractivity contribution in [2.45, 2.75) is 19.3 Å². The van der Waals surface area contributed by atoms with Gasteiger partial charge in [-0.05, 0) is 31.1 Å². The molecule has 2 saturated carbocycles. The molecule has 0 aromatic carbocycles. The number of aliphatic carboxylic acids is 1. The molecule has 0 bridgehead atoms. The van der Waals surface area contributed by atoms with E-state index >= 15 is 0 Å². The van der Waals surface area contributed by atoms with Gasteiger partial charge in [0.15, 0.2) is 0 Å². The summed E-state index contributed by atoms with van der Waals surface area (Å²) in [5, 5.41) is 8.56. The van der Waals surface area contributed by atoms with E-state index < -0.39 is 5.97 Å². The van der Waals surface area contributed by atoms with E-state index in [1.54, 1.807) is 0 Å². The maximum Gasteiger partial charge on any atom is 0.306 e. The van der Waals surface area contributed by atoms with Gasteiger partial charge in [0, 0.05) is 0 Å². The van der Waals surface area contributed by atoms with Crippen molar-refractivity contribution in [2.24, 2.45) is 17.8 Å². The van der Waals surface area contributed by atoms with Crippen LogP contribution in [0.1, 0.15) is 19.3 Å². The van der Waals surface area contributed by atoms with Crippen molar-refractivity contribution < 1.29 is 9.90 Å². The Hall–Kier alpha value is -0.530. The highest BCUT2D eigenvalue weighted by Crippen LogP contribution is 2.54. The maximum atomic E-state index is 10.4. The summed E-state index contributed by atoms with van der Waals surface area (Å²) in [6.45, 7) is 0. The summed E-state index contributed by atoms with van der Waals surface area (Å²) in [6, 6.07) is 0. The Morgan fingerprint density at radius 3 is 2.33 bits per heavy atom. The number of carbonyl (C=O) groups is 1. The molecule has 1 N–H and O–H groups in total. The van der Waals surface area contributed by atoms with E-state index in [-0.39, 0.29) is 5.92 Å². The van der Waals surface area contributed by atoms with E-state index in [2.05, 4.69) is 0 Å². The van der Waals surface area contributed by atoms with Gasteiger partial charge >= 0.3 is 5.97 Å². The molecular weight excluding hydrogens is 116 g/mol. The van der Waals surface area contributed by atoms with Gasteiger partial charge in [-0.3, -0.25) is 4.79 Å². The third-order valence-corrected chi connectivity index (χ3v) is 2.87. The molecule has 0 spiro atoms. The Balaban J connectivity index is 1.97. The first kappa shape index (κ1) is 5.27. The van der Waals surface area contributed by atoms with Crippen LogP contribution in [0.5, 0.6) is 0 Å². The molecule has 0 aliphatic heterocycles. The molecule has 0 amide bonds. The molecule has 3 unspecified atom stereocenters. The number of fused-ring (bicyclic) bond motifs is 1. The Bertz CT molecular complexity index is 153. The number of hydrogen-bond donors (Lipinski definition) is 1. The summed E-state index contributed by atoms with van der Waals surface area (Å²) in [4.78, 5) is 10.4. The lowest BCUT2D eigenvalue weighted by Crippen LogP contribution is -2.47. The summed E-state index contributed by atoms with van der Waals surface area (Å²) in [7, 11) is 0. The molecule has 2 rings (SSSR count). The van der Waals surface area contributed by atoms with Crippen molar-refractivity contribution in [2.75, 3.05) is 0 Å². The lowest BCUT2D eigenvalue weighted by atomic mass is 9.53. The highest BCUT2D eigenvalue weighted by Gasteiger charge is 2.50. The van der Waals surface area contributed by atoms with Gasteiger partial charge in [0.05, 0.1) is 5.92 Å². The molecule has 0 heterocycles. The lowest BCUT2D eigenvalue weighted by Gasteiger charge is -2.50. The van der Waals surface area contributed by atoms with Crippen molar-refractivity contribution in [1.29, 1.82) is 0 Å². The van der Waals surface area contributed by atoms with Crippen LogP contribution in [0, 0.1) is 17.8 Å². The summed E-state index contributed by atoms with van der Waals surface area (Å²) < 4.78 is 0. The summed E-state index contributed by atoms with van der Waals surface area (Å²) in [5.74, 6) is 0.827. The average molecular weight is 126 g/mol. The lowest BCUT2D eigenvalue weighted by molar-refractivity contribution is -0.157. The molecule has 2 aliphatic carbocycles. The summed E-state index contributed by atoms with van der Waals surface area (Å²) in [6.07, 6.45) is 3.41. The molecule has 0 aromatic rings. The van der Waals surface area contributed by atoms with Gasteiger partial charge in [0.25, 0.3) is 0 Å².